The van der Waals surface area contributed by atoms with Gasteiger partial charge >= 0.3 is 6.03 Å². The van der Waals surface area contributed by atoms with E-state index in [1.54, 1.807) is 12.1 Å². The molecule has 0 aliphatic heterocycles. The van der Waals surface area contributed by atoms with Gasteiger partial charge in [0.15, 0.2) is 5.78 Å². The maximum Gasteiger partial charge on any atom is 0.321 e. The third kappa shape index (κ3) is 4.56. The largest absolute Gasteiger partial charge is 0.511 e. The molecule has 0 bridgehead atoms. The van der Waals surface area contributed by atoms with Gasteiger partial charge in [0, 0.05) is 25.1 Å². The molecule has 7 heteroatoms. The van der Waals surface area contributed by atoms with Crippen molar-refractivity contribution in [3.63, 3.8) is 0 Å². The predicted octanol–water partition coefficient (Wildman–Crippen LogP) is 3.39. The zero-order valence-corrected chi connectivity index (χ0v) is 17.3. The Kier molecular flexibility index (Phi) is 6.30. The number of imide groups is 1. The van der Waals surface area contributed by atoms with Gasteiger partial charge in [-0.15, -0.1) is 0 Å². The van der Waals surface area contributed by atoms with Crippen LogP contribution in [0.2, 0.25) is 0 Å². The number of nitrogens with one attached hydrogen (secondary N) is 2. The number of aromatic nitrogens is 1. The van der Waals surface area contributed by atoms with Crippen molar-refractivity contribution >= 4 is 23.3 Å². The van der Waals surface area contributed by atoms with E-state index >= 15 is 0 Å². The molecule has 3 rings (SSSR count). The van der Waals surface area contributed by atoms with Crippen LogP contribution in [0.1, 0.15) is 45.6 Å². The van der Waals surface area contributed by atoms with Crippen LogP contribution in [-0.2, 0) is 4.79 Å². The summed E-state index contributed by atoms with van der Waals surface area (Å²) in [5.41, 5.74) is 4.32. The summed E-state index contributed by atoms with van der Waals surface area (Å²) in [5.74, 6) is -0.983. The monoisotopic (exact) mass is 407 g/mol. The first-order valence-corrected chi connectivity index (χ1v) is 9.82. The summed E-state index contributed by atoms with van der Waals surface area (Å²) in [6, 6.07) is 8.17. The van der Waals surface area contributed by atoms with Gasteiger partial charge < -0.3 is 10.4 Å². The van der Waals surface area contributed by atoms with E-state index in [1.807, 2.05) is 32.9 Å². The van der Waals surface area contributed by atoms with Crippen LogP contribution in [0.4, 0.5) is 4.79 Å². The van der Waals surface area contributed by atoms with E-state index < -0.39 is 11.9 Å². The highest BCUT2D eigenvalue weighted by Gasteiger charge is 2.34. The minimum atomic E-state index is -0.649. The number of aliphatic hydroxyl groups excluding tert-OH is 1. The van der Waals surface area contributed by atoms with Gasteiger partial charge in [-0.1, -0.05) is 23.8 Å². The molecule has 1 unspecified atom stereocenters. The molecule has 0 saturated heterocycles. The number of aryl methyl sites for hydroxylation is 3. The lowest BCUT2D eigenvalue weighted by Gasteiger charge is -2.13. The smallest absolute Gasteiger partial charge is 0.321 e. The summed E-state index contributed by atoms with van der Waals surface area (Å²) in [6.45, 7) is 6.07. The third-order valence-electron chi connectivity index (χ3n) is 5.18. The van der Waals surface area contributed by atoms with Crippen LogP contribution in [-0.4, -0.2) is 34.4 Å². The molecule has 0 fully saturated rings. The van der Waals surface area contributed by atoms with Crippen molar-refractivity contribution in [1.82, 2.24) is 15.6 Å². The molecule has 3 N–H and O–H groups in total. The maximum absolute atomic E-state index is 12.6. The number of carbonyl (C=O) groups excluding carboxylic acids is 3. The number of benzene rings is 1. The number of amides is 3. The van der Waals surface area contributed by atoms with Crippen molar-refractivity contribution in [3.8, 4) is 0 Å². The molecular weight excluding hydrogens is 382 g/mol. The Morgan fingerprint density at radius 1 is 1.17 bits per heavy atom. The van der Waals surface area contributed by atoms with Crippen molar-refractivity contribution in [2.24, 2.45) is 5.92 Å². The van der Waals surface area contributed by atoms with Crippen LogP contribution in [0.25, 0.3) is 5.57 Å². The molecule has 156 valence electrons. The fourth-order valence-corrected chi connectivity index (χ4v) is 3.92. The number of ketones is 1. The Labute approximate surface area is 175 Å². The van der Waals surface area contributed by atoms with Crippen LogP contribution in [0.3, 0.4) is 0 Å². The SMILES string of the molecule is Cc1cc(C)c(C2=C(O)C(CCNC(=O)NC(=O)c3ccccn3)CC2=O)c(C)c1. The van der Waals surface area contributed by atoms with E-state index in [0.29, 0.717) is 12.0 Å². The van der Waals surface area contributed by atoms with Gasteiger partial charge in [-0.05, 0) is 56.0 Å². The number of rotatable bonds is 5. The molecule has 7 nitrogen and oxygen atoms in total. The van der Waals surface area contributed by atoms with Crippen LogP contribution in [0.15, 0.2) is 42.3 Å². The Morgan fingerprint density at radius 3 is 2.50 bits per heavy atom. The number of aliphatic hydroxyl groups is 1. The first-order chi connectivity index (χ1) is 14.3. The van der Waals surface area contributed by atoms with Crippen LogP contribution < -0.4 is 10.6 Å². The standard InChI is InChI=1S/C23H25N3O4/c1-13-10-14(2)19(15(3)11-13)20-18(27)12-16(21(20)28)7-9-25-23(30)26-22(29)17-6-4-5-8-24-17/h4-6,8,10-11,16,28H,7,9,12H2,1-3H3,(H2,25,26,29,30). The van der Waals surface area contributed by atoms with E-state index in [9.17, 15) is 19.5 Å². The summed E-state index contributed by atoms with van der Waals surface area (Å²) in [7, 11) is 0. The molecular formula is C23H25N3O4. The lowest BCUT2D eigenvalue weighted by Crippen LogP contribution is -2.40. The maximum atomic E-state index is 12.6. The number of allylic oxidation sites excluding steroid dienone is 2. The van der Waals surface area contributed by atoms with Crippen molar-refractivity contribution < 1.29 is 19.5 Å². The van der Waals surface area contributed by atoms with Gasteiger partial charge in [-0.2, -0.15) is 0 Å². The van der Waals surface area contributed by atoms with Gasteiger partial charge in [-0.3, -0.25) is 19.9 Å². The van der Waals surface area contributed by atoms with Crippen molar-refractivity contribution in [1.29, 1.82) is 0 Å². The number of carbonyl (C=O) groups is 3. The highest BCUT2D eigenvalue weighted by Crippen LogP contribution is 2.38. The molecule has 0 spiro atoms. The number of pyridine rings is 1. The molecule has 2 aromatic rings. The van der Waals surface area contributed by atoms with Gasteiger partial charge in [0.25, 0.3) is 5.91 Å². The second kappa shape index (κ2) is 8.90. The van der Waals surface area contributed by atoms with Gasteiger partial charge in [-0.25, -0.2) is 4.79 Å². The zero-order valence-electron chi connectivity index (χ0n) is 17.3. The molecule has 1 aliphatic carbocycles. The fourth-order valence-electron chi connectivity index (χ4n) is 3.92. The van der Waals surface area contributed by atoms with Crippen LogP contribution in [0, 0.1) is 26.7 Å². The number of Topliss-reactive ketones (excluding diaryl/α,β-unsaturated/α-hetero) is 1. The Bertz CT molecular complexity index is 1000. The first kappa shape index (κ1) is 21.2. The summed E-state index contributed by atoms with van der Waals surface area (Å²) < 4.78 is 0. The van der Waals surface area contributed by atoms with Gasteiger partial charge in [0.2, 0.25) is 0 Å². The molecule has 1 aromatic heterocycles. The number of urea groups is 1. The van der Waals surface area contributed by atoms with E-state index in [4.69, 9.17) is 0 Å². The minimum Gasteiger partial charge on any atom is -0.511 e. The van der Waals surface area contributed by atoms with Crippen molar-refractivity contribution in [2.45, 2.75) is 33.6 Å². The normalized spacial score (nSPS) is 16.0. The summed E-state index contributed by atoms with van der Waals surface area (Å²) >= 11 is 0. The molecule has 0 saturated carbocycles. The average molecular weight is 407 g/mol. The second-order valence-corrected chi connectivity index (χ2v) is 7.57. The molecule has 1 heterocycles. The van der Waals surface area contributed by atoms with E-state index in [-0.39, 0.29) is 36.1 Å². The van der Waals surface area contributed by atoms with Crippen molar-refractivity contribution in [2.75, 3.05) is 6.54 Å². The van der Waals surface area contributed by atoms with E-state index in [1.165, 1.54) is 12.3 Å². The van der Waals surface area contributed by atoms with Crippen LogP contribution >= 0.6 is 0 Å². The quantitative estimate of drug-likeness (QED) is 0.704. The summed E-state index contributed by atoms with van der Waals surface area (Å²) in [4.78, 5) is 40.4. The number of hydrogen-bond donors (Lipinski definition) is 3. The molecule has 3 amide bonds. The molecule has 0 radical (unpaired) electrons. The summed E-state index contributed by atoms with van der Waals surface area (Å²) in [5, 5.41) is 15.5. The number of nitrogens with zero attached hydrogens (tertiary/aromatic N) is 1. The average Bonchev–Trinajstić information content (AvgIpc) is 2.96. The first-order valence-electron chi connectivity index (χ1n) is 9.82. The minimum absolute atomic E-state index is 0.0711. The fraction of sp³-hybridized carbons (Fsp3) is 0.304. The molecule has 1 aliphatic rings. The number of hydrogen-bond acceptors (Lipinski definition) is 5. The van der Waals surface area contributed by atoms with Gasteiger partial charge in [0.05, 0.1) is 5.57 Å². The summed E-state index contributed by atoms with van der Waals surface area (Å²) in [6.07, 6.45) is 2.05. The lowest BCUT2D eigenvalue weighted by atomic mass is 9.92. The topological polar surface area (TPSA) is 108 Å². The van der Waals surface area contributed by atoms with Crippen molar-refractivity contribution in [3.05, 3.63) is 70.2 Å². The zero-order chi connectivity index (χ0) is 21.8. The predicted molar refractivity (Wildman–Crippen MR) is 113 cm³/mol. The Morgan fingerprint density at radius 2 is 1.87 bits per heavy atom. The third-order valence-corrected chi connectivity index (χ3v) is 5.18. The van der Waals surface area contributed by atoms with Gasteiger partial charge in [0.1, 0.15) is 11.5 Å². The van der Waals surface area contributed by atoms with E-state index in [0.717, 1.165) is 22.3 Å². The second-order valence-electron chi connectivity index (χ2n) is 7.57. The molecule has 1 aromatic carbocycles. The van der Waals surface area contributed by atoms with Crippen LogP contribution in [0.5, 0.6) is 0 Å². The van der Waals surface area contributed by atoms with E-state index in [2.05, 4.69) is 15.6 Å². The molecule has 30 heavy (non-hydrogen) atoms. The molecule has 1 atom stereocenters. The lowest BCUT2D eigenvalue weighted by molar-refractivity contribution is -0.113. The highest BCUT2D eigenvalue weighted by atomic mass is 16.3. The Balaban J connectivity index is 1.61. The Hall–Kier alpha value is -3.48. The highest BCUT2D eigenvalue weighted by molar-refractivity contribution is 6.24.